The number of hydrogen-bond donors (Lipinski definition) is 1. The number of nitrogens with zero attached hydrogens (tertiary/aromatic N) is 1. The topological polar surface area (TPSA) is 98.9 Å². The molecule has 0 saturated heterocycles. The fraction of sp³-hybridized carbons (Fsp3) is 0.588. The minimum Gasteiger partial charge on any atom is -0.449 e. The van der Waals surface area contributed by atoms with E-state index in [1.165, 1.54) is 18.2 Å². The first-order valence-electron chi connectivity index (χ1n) is 8.32. The van der Waals surface area contributed by atoms with Gasteiger partial charge in [-0.1, -0.05) is 33.6 Å². The Morgan fingerprint density at radius 3 is 2.52 bits per heavy atom. The SMILES string of the molecule is CCCC[Si](C)(C)OCC(C)(C)c1cc([N+](=O)[O-])ccc1OC(=O)O. The molecular formula is C17H27NO6Si. The van der Waals surface area contributed by atoms with E-state index >= 15 is 0 Å². The Hall–Kier alpha value is -1.93. The zero-order chi connectivity index (χ0) is 19.3. The third-order valence-electron chi connectivity index (χ3n) is 4.06. The van der Waals surface area contributed by atoms with Crippen LogP contribution in [-0.4, -0.2) is 31.1 Å². The number of benzene rings is 1. The third kappa shape index (κ3) is 6.47. The van der Waals surface area contributed by atoms with Crippen molar-refractivity contribution in [3.8, 4) is 5.75 Å². The normalized spacial score (nSPS) is 12.0. The van der Waals surface area contributed by atoms with Crippen molar-refractivity contribution >= 4 is 20.2 Å². The first-order chi connectivity index (χ1) is 11.5. The second kappa shape index (κ2) is 8.44. The van der Waals surface area contributed by atoms with E-state index in [4.69, 9.17) is 14.3 Å². The Morgan fingerprint density at radius 2 is 2.00 bits per heavy atom. The Morgan fingerprint density at radius 1 is 1.36 bits per heavy atom. The Kier molecular flexibility index (Phi) is 7.13. The molecule has 0 fully saturated rings. The quantitative estimate of drug-likeness (QED) is 0.217. The number of nitro groups is 1. The zero-order valence-electron chi connectivity index (χ0n) is 15.5. The standard InChI is InChI=1S/C17H27NO6Si/c1-6-7-10-25(4,5)23-12-17(2,3)14-11-13(18(21)22)8-9-15(14)24-16(19)20/h8-9,11H,6-7,10,12H2,1-5H3,(H,19,20). The molecule has 1 aromatic rings. The number of carbonyl (C=O) groups is 1. The maximum absolute atomic E-state index is 11.1. The molecule has 0 unspecified atom stereocenters. The van der Waals surface area contributed by atoms with Gasteiger partial charge in [0.2, 0.25) is 0 Å². The first kappa shape index (κ1) is 21.1. The number of rotatable bonds is 9. The summed E-state index contributed by atoms with van der Waals surface area (Å²) < 4.78 is 11.0. The summed E-state index contributed by atoms with van der Waals surface area (Å²) >= 11 is 0. The van der Waals surface area contributed by atoms with Crippen LogP contribution in [0.3, 0.4) is 0 Å². The van der Waals surface area contributed by atoms with Gasteiger partial charge in [-0.3, -0.25) is 10.1 Å². The van der Waals surface area contributed by atoms with Crippen molar-refractivity contribution in [2.24, 2.45) is 0 Å². The monoisotopic (exact) mass is 369 g/mol. The molecule has 7 nitrogen and oxygen atoms in total. The van der Waals surface area contributed by atoms with Gasteiger partial charge in [0.25, 0.3) is 5.69 Å². The van der Waals surface area contributed by atoms with Crippen molar-refractivity contribution < 1.29 is 24.0 Å². The maximum atomic E-state index is 11.1. The van der Waals surface area contributed by atoms with Crippen LogP contribution in [-0.2, 0) is 9.84 Å². The van der Waals surface area contributed by atoms with Gasteiger partial charge >= 0.3 is 6.16 Å². The second-order valence-corrected chi connectivity index (χ2v) is 11.6. The number of ether oxygens (including phenoxy) is 1. The lowest BCUT2D eigenvalue weighted by atomic mass is 9.84. The molecule has 0 radical (unpaired) electrons. The smallest absolute Gasteiger partial charge is 0.449 e. The van der Waals surface area contributed by atoms with Crippen LogP contribution in [0.5, 0.6) is 5.75 Å². The molecule has 0 saturated carbocycles. The molecule has 0 aliphatic heterocycles. The average molecular weight is 369 g/mol. The van der Waals surface area contributed by atoms with E-state index in [2.05, 4.69) is 20.0 Å². The van der Waals surface area contributed by atoms with Crippen LogP contribution in [0.25, 0.3) is 0 Å². The lowest BCUT2D eigenvalue weighted by Crippen LogP contribution is -2.36. The summed E-state index contributed by atoms with van der Waals surface area (Å²) in [5.74, 6) is 0.0970. The predicted octanol–water partition coefficient (Wildman–Crippen LogP) is 4.95. The highest BCUT2D eigenvalue weighted by Gasteiger charge is 2.31. The van der Waals surface area contributed by atoms with Crippen molar-refractivity contribution in [3.05, 3.63) is 33.9 Å². The fourth-order valence-corrected chi connectivity index (χ4v) is 4.57. The fourth-order valence-electron chi connectivity index (χ4n) is 2.47. The molecular weight excluding hydrogens is 342 g/mol. The number of non-ortho nitro benzene ring substituents is 1. The van der Waals surface area contributed by atoms with Gasteiger partial charge in [-0.15, -0.1) is 0 Å². The summed E-state index contributed by atoms with van der Waals surface area (Å²) in [6.07, 6.45) is 0.749. The molecule has 25 heavy (non-hydrogen) atoms. The number of carboxylic acid groups (broad SMARTS) is 1. The largest absolute Gasteiger partial charge is 0.511 e. The molecule has 0 bridgehead atoms. The summed E-state index contributed by atoms with van der Waals surface area (Å²) in [5, 5.41) is 20.0. The third-order valence-corrected chi connectivity index (χ3v) is 6.54. The molecule has 1 N–H and O–H groups in total. The summed E-state index contributed by atoms with van der Waals surface area (Å²) in [6.45, 7) is 10.5. The highest BCUT2D eigenvalue weighted by Crippen LogP contribution is 2.36. The van der Waals surface area contributed by atoms with Crippen molar-refractivity contribution in [2.45, 2.75) is 58.2 Å². The maximum Gasteiger partial charge on any atom is 0.511 e. The first-order valence-corrected chi connectivity index (χ1v) is 11.4. The van der Waals surface area contributed by atoms with Crippen LogP contribution in [0, 0.1) is 10.1 Å². The van der Waals surface area contributed by atoms with E-state index in [9.17, 15) is 14.9 Å². The van der Waals surface area contributed by atoms with Crippen LogP contribution in [0.2, 0.25) is 19.1 Å². The molecule has 0 aliphatic carbocycles. The summed E-state index contributed by atoms with van der Waals surface area (Å²) in [6, 6.07) is 4.96. The van der Waals surface area contributed by atoms with Gasteiger partial charge in [-0.25, -0.2) is 4.79 Å². The van der Waals surface area contributed by atoms with Gasteiger partial charge in [-0.05, 0) is 25.2 Å². The van der Waals surface area contributed by atoms with E-state index in [0.717, 1.165) is 18.9 Å². The van der Waals surface area contributed by atoms with Crippen LogP contribution < -0.4 is 4.74 Å². The highest BCUT2D eigenvalue weighted by atomic mass is 28.4. The Labute approximate surface area is 149 Å². The number of nitro benzene ring substituents is 1. The van der Waals surface area contributed by atoms with Crippen molar-refractivity contribution in [1.82, 2.24) is 0 Å². The molecule has 0 spiro atoms. The Balaban J connectivity index is 3.10. The van der Waals surface area contributed by atoms with E-state index in [0.29, 0.717) is 12.2 Å². The molecule has 1 aromatic carbocycles. The van der Waals surface area contributed by atoms with Crippen LogP contribution >= 0.6 is 0 Å². The van der Waals surface area contributed by atoms with Crippen LogP contribution in [0.15, 0.2) is 18.2 Å². The van der Waals surface area contributed by atoms with Gasteiger partial charge < -0.3 is 14.3 Å². The molecule has 0 amide bonds. The molecule has 0 aromatic heterocycles. The van der Waals surface area contributed by atoms with Gasteiger partial charge in [0.05, 0.1) is 4.92 Å². The molecule has 0 heterocycles. The van der Waals surface area contributed by atoms with Crippen LogP contribution in [0.4, 0.5) is 10.5 Å². The van der Waals surface area contributed by atoms with Crippen LogP contribution in [0.1, 0.15) is 39.2 Å². The van der Waals surface area contributed by atoms with Crippen molar-refractivity contribution in [2.75, 3.05) is 6.61 Å². The summed E-state index contributed by atoms with van der Waals surface area (Å²) in [4.78, 5) is 21.5. The number of unbranched alkanes of at least 4 members (excludes halogenated alkanes) is 1. The van der Waals surface area contributed by atoms with Gasteiger partial charge in [0.1, 0.15) is 5.75 Å². The van der Waals surface area contributed by atoms with Gasteiger partial charge in [0, 0.05) is 29.7 Å². The van der Waals surface area contributed by atoms with E-state index < -0.39 is 24.8 Å². The highest BCUT2D eigenvalue weighted by molar-refractivity contribution is 6.71. The second-order valence-electron chi connectivity index (χ2n) is 7.34. The van der Waals surface area contributed by atoms with E-state index in [-0.39, 0.29) is 11.4 Å². The molecule has 0 atom stereocenters. The summed E-state index contributed by atoms with van der Waals surface area (Å²) in [5.41, 5.74) is -0.291. The summed E-state index contributed by atoms with van der Waals surface area (Å²) in [7, 11) is -1.84. The molecule has 0 aliphatic rings. The number of hydrogen-bond acceptors (Lipinski definition) is 5. The van der Waals surface area contributed by atoms with E-state index in [1.54, 1.807) is 0 Å². The van der Waals surface area contributed by atoms with Crippen molar-refractivity contribution in [3.63, 3.8) is 0 Å². The predicted molar refractivity (Wildman–Crippen MR) is 97.9 cm³/mol. The minimum atomic E-state index is -1.84. The van der Waals surface area contributed by atoms with Gasteiger partial charge in [0.15, 0.2) is 8.32 Å². The average Bonchev–Trinajstić information content (AvgIpc) is 2.51. The molecule has 1 rings (SSSR count). The van der Waals surface area contributed by atoms with E-state index in [1.807, 2.05) is 13.8 Å². The minimum absolute atomic E-state index is 0.0970. The molecule has 8 heteroatoms. The van der Waals surface area contributed by atoms with Gasteiger partial charge in [-0.2, -0.15) is 0 Å². The lowest BCUT2D eigenvalue weighted by Gasteiger charge is -2.32. The molecule has 140 valence electrons. The Bertz CT molecular complexity index is 630. The van der Waals surface area contributed by atoms with Crippen molar-refractivity contribution in [1.29, 1.82) is 0 Å². The zero-order valence-corrected chi connectivity index (χ0v) is 16.5. The lowest BCUT2D eigenvalue weighted by molar-refractivity contribution is -0.385.